The molecule has 0 fully saturated rings. The minimum Gasteiger partial charge on any atom is -0.399 e. The second kappa shape index (κ2) is 6.06. The van der Waals surface area contributed by atoms with Gasteiger partial charge >= 0.3 is 0 Å². The van der Waals surface area contributed by atoms with Gasteiger partial charge in [0.05, 0.1) is 0 Å². The van der Waals surface area contributed by atoms with Crippen LogP contribution >= 0.6 is 0 Å². The van der Waals surface area contributed by atoms with Crippen molar-refractivity contribution in [1.29, 1.82) is 0 Å². The summed E-state index contributed by atoms with van der Waals surface area (Å²) in [5.41, 5.74) is 8.04. The molecular weight excluding hydrogens is 158 g/mol. The third kappa shape index (κ3) is 4.86. The first kappa shape index (κ1) is 11.5. The van der Waals surface area contributed by atoms with Crippen molar-refractivity contribution >= 4 is 0 Å². The number of nitrogens with two attached hydrogens (primary N) is 1. The number of rotatable bonds is 5. The molecule has 0 unspecified atom stereocenters. The average Bonchev–Trinajstić information content (AvgIpc) is 2.10. The minimum atomic E-state index is 0.537. The van der Waals surface area contributed by atoms with Crippen LogP contribution in [0.25, 0.3) is 0 Å². The first-order chi connectivity index (χ1) is 6.11. The maximum absolute atomic E-state index is 5.39. The van der Waals surface area contributed by atoms with Crippen molar-refractivity contribution in [3.63, 3.8) is 0 Å². The van der Waals surface area contributed by atoms with Crippen molar-refractivity contribution in [2.45, 2.75) is 13.3 Å². The van der Waals surface area contributed by atoms with Crippen LogP contribution in [0.3, 0.4) is 0 Å². The van der Waals surface area contributed by atoms with Crippen LogP contribution < -0.4 is 5.73 Å². The van der Waals surface area contributed by atoms with Crippen molar-refractivity contribution in [2.24, 2.45) is 5.73 Å². The molecule has 1 nitrogen and oxygen atoms in total. The zero-order valence-electron chi connectivity index (χ0n) is 8.22. The topological polar surface area (TPSA) is 26.0 Å². The lowest BCUT2D eigenvalue weighted by atomic mass is 10.0. The van der Waals surface area contributed by atoms with Gasteiger partial charge in [0, 0.05) is 5.70 Å². The summed E-state index contributed by atoms with van der Waals surface area (Å²) in [5, 5.41) is 0. The van der Waals surface area contributed by atoms with Crippen LogP contribution in [0.5, 0.6) is 0 Å². The summed E-state index contributed by atoms with van der Waals surface area (Å²) < 4.78 is 0. The van der Waals surface area contributed by atoms with Crippen LogP contribution in [0.4, 0.5) is 0 Å². The van der Waals surface area contributed by atoms with Gasteiger partial charge in [-0.05, 0) is 23.6 Å². The maximum Gasteiger partial charge on any atom is 0.0241 e. The van der Waals surface area contributed by atoms with Gasteiger partial charge < -0.3 is 5.73 Å². The Morgan fingerprint density at radius 2 is 1.92 bits per heavy atom. The molecule has 0 bridgehead atoms. The largest absolute Gasteiger partial charge is 0.399 e. The lowest BCUT2D eigenvalue weighted by molar-refractivity contribution is 1.13. The van der Waals surface area contributed by atoms with Gasteiger partial charge in [-0.1, -0.05) is 44.9 Å². The Kier molecular flexibility index (Phi) is 5.37. The van der Waals surface area contributed by atoms with Crippen molar-refractivity contribution in [1.82, 2.24) is 0 Å². The molecule has 0 amide bonds. The second-order valence-electron chi connectivity index (χ2n) is 2.71. The minimum absolute atomic E-state index is 0.537. The fraction of sp³-hybridized carbons (Fsp3) is 0.167. The molecule has 0 aliphatic carbocycles. The highest BCUT2D eigenvalue weighted by Gasteiger charge is 1.94. The van der Waals surface area contributed by atoms with E-state index < -0.39 is 0 Å². The zero-order chi connectivity index (χ0) is 10.3. The Bertz CT molecular complexity index is 267. The smallest absolute Gasteiger partial charge is 0.0241 e. The molecule has 0 aromatic carbocycles. The van der Waals surface area contributed by atoms with Crippen molar-refractivity contribution in [3.8, 4) is 0 Å². The van der Waals surface area contributed by atoms with E-state index in [1.54, 1.807) is 12.2 Å². The Balaban J connectivity index is 4.48. The van der Waals surface area contributed by atoms with E-state index >= 15 is 0 Å². The molecule has 0 aliphatic heterocycles. The molecular formula is C12H17N. The van der Waals surface area contributed by atoms with Gasteiger partial charge in [0.1, 0.15) is 0 Å². The molecule has 70 valence electrons. The first-order valence-corrected chi connectivity index (χ1v) is 4.25. The summed E-state index contributed by atoms with van der Waals surface area (Å²) in [7, 11) is 0. The summed E-state index contributed by atoms with van der Waals surface area (Å²) in [5.74, 6) is 0. The molecule has 0 spiro atoms. The lowest BCUT2D eigenvalue weighted by Gasteiger charge is -2.02. The molecule has 0 aromatic heterocycles. The maximum atomic E-state index is 5.39. The third-order valence-corrected chi connectivity index (χ3v) is 1.61. The van der Waals surface area contributed by atoms with E-state index in [1.165, 1.54) is 0 Å². The number of allylic oxidation sites excluding steroid dienone is 6. The molecule has 0 atom stereocenters. The molecule has 0 saturated heterocycles. The predicted molar refractivity (Wildman–Crippen MR) is 60.2 cm³/mol. The molecule has 2 N–H and O–H groups in total. The fourth-order valence-corrected chi connectivity index (χ4v) is 0.909. The third-order valence-electron chi connectivity index (χ3n) is 1.61. The zero-order valence-corrected chi connectivity index (χ0v) is 8.22. The first-order valence-electron chi connectivity index (χ1n) is 4.25. The second-order valence-corrected chi connectivity index (χ2v) is 2.71. The van der Waals surface area contributed by atoms with E-state index in [2.05, 4.69) is 26.7 Å². The van der Waals surface area contributed by atoms with Crippen LogP contribution in [0.1, 0.15) is 13.3 Å². The average molecular weight is 175 g/mol. The monoisotopic (exact) mass is 175 g/mol. The Labute approximate surface area is 80.6 Å². The summed E-state index contributed by atoms with van der Waals surface area (Å²) >= 11 is 0. The number of hydrogen-bond donors (Lipinski definition) is 1. The fourth-order valence-electron chi connectivity index (χ4n) is 0.909. The van der Waals surface area contributed by atoms with E-state index in [9.17, 15) is 0 Å². The molecule has 0 heterocycles. The molecule has 0 saturated carbocycles. The van der Waals surface area contributed by atoms with E-state index in [0.717, 1.165) is 17.6 Å². The highest BCUT2D eigenvalue weighted by Crippen LogP contribution is 2.13. The summed E-state index contributed by atoms with van der Waals surface area (Å²) in [6.07, 6.45) is 8.25. The standard InChI is InChI=1S/C12H17N/c1-5-7-12(6-2)10(3)8-9-11(4)13/h5,7-9H,1,3-4,6,13H2,2H3/b9-8-,12-7+. The van der Waals surface area contributed by atoms with Crippen molar-refractivity contribution in [3.05, 3.63) is 60.9 Å². The highest BCUT2D eigenvalue weighted by molar-refractivity contribution is 5.40. The van der Waals surface area contributed by atoms with Gasteiger partial charge in [0.2, 0.25) is 0 Å². The molecule has 13 heavy (non-hydrogen) atoms. The SMILES string of the molecule is C=C/C=C(\CC)C(=C)/C=C\C(=C)N. The van der Waals surface area contributed by atoms with Crippen LogP contribution in [-0.2, 0) is 0 Å². The van der Waals surface area contributed by atoms with E-state index in [4.69, 9.17) is 5.73 Å². The van der Waals surface area contributed by atoms with Crippen LogP contribution in [0.2, 0.25) is 0 Å². The normalized spacial score (nSPS) is 11.6. The van der Waals surface area contributed by atoms with Crippen molar-refractivity contribution < 1.29 is 0 Å². The predicted octanol–water partition coefficient (Wildman–Crippen LogP) is 3.09. The summed E-state index contributed by atoms with van der Waals surface area (Å²) in [6, 6.07) is 0. The molecule has 0 aromatic rings. The molecule has 1 heteroatoms. The Morgan fingerprint density at radius 3 is 2.31 bits per heavy atom. The summed E-state index contributed by atoms with van der Waals surface area (Å²) in [4.78, 5) is 0. The molecule has 0 rings (SSSR count). The van der Waals surface area contributed by atoms with Gasteiger partial charge in [0.25, 0.3) is 0 Å². The van der Waals surface area contributed by atoms with Crippen LogP contribution in [0, 0.1) is 0 Å². The van der Waals surface area contributed by atoms with Crippen LogP contribution in [0.15, 0.2) is 60.9 Å². The Morgan fingerprint density at radius 1 is 1.31 bits per heavy atom. The van der Waals surface area contributed by atoms with E-state index in [1.807, 2.05) is 12.2 Å². The van der Waals surface area contributed by atoms with E-state index in [0.29, 0.717) is 5.70 Å². The van der Waals surface area contributed by atoms with Crippen molar-refractivity contribution in [2.75, 3.05) is 0 Å². The molecule has 0 aliphatic rings. The number of hydrogen-bond acceptors (Lipinski definition) is 1. The van der Waals surface area contributed by atoms with E-state index in [-0.39, 0.29) is 0 Å². The molecule has 0 radical (unpaired) electrons. The van der Waals surface area contributed by atoms with Crippen LogP contribution in [-0.4, -0.2) is 0 Å². The van der Waals surface area contributed by atoms with Gasteiger partial charge in [-0.2, -0.15) is 0 Å². The van der Waals surface area contributed by atoms with Gasteiger partial charge in [-0.15, -0.1) is 0 Å². The van der Waals surface area contributed by atoms with Gasteiger partial charge in [-0.25, -0.2) is 0 Å². The van der Waals surface area contributed by atoms with Gasteiger partial charge in [0.15, 0.2) is 0 Å². The Hall–Kier alpha value is -1.50. The van der Waals surface area contributed by atoms with Gasteiger partial charge in [-0.3, -0.25) is 0 Å². The lowest BCUT2D eigenvalue weighted by Crippen LogP contribution is -1.89. The highest BCUT2D eigenvalue weighted by atomic mass is 14.5. The quantitative estimate of drug-likeness (QED) is 0.638. The summed E-state index contributed by atoms with van der Waals surface area (Å²) in [6.45, 7) is 13.2.